The van der Waals surface area contributed by atoms with Crippen molar-refractivity contribution >= 4 is 23.5 Å². The van der Waals surface area contributed by atoms with Gasteiger partial charge in [0, 0.05) is 30.5 Å². The Bertz CT molecular complexity index is 1140. The number of amides is 1. The van der Waals surface area contributed by atoms with Gasteiger partial charge >= 0.3 is 6.09 Å². The monoisotopic (exact) mass is 497 g/mol. The summed E-state index contributed by atoms with van der Waals surface area (Å²) in [7, 11) is 1.79. The van der Waals surface area contributed by atoms with Crippen LogP contribution in [0.1, 0.15) is 35.5 Å². The van der Waals surface area contributed by atoms with Gasteiger partial charge in [0.25, 0.3) is 0 Å². The SMILES string of the molecule is C=CCOC(=O)Nc1cccc([C@@H]2O[C@H](CSc3nnnn3C)C[C@H](c3ccc(CO)cc3)O2)c1. The highest BCUT2D eigenvalue weighted by Gasteiger charge is 2.32. The molecule has 2 heterocycles. The summed E-state index contributed by atoms with van der Waals surface area (Å²) in [5, 5.41) is 24.4. The highest BCUT2D eigenvalue weighted by molar-refractivity contribution is 7.99. The number of carbonyl (C=O) groups excluding carboxylic acids is 1. The average Bonchev–Trinajstić information content (AvgIpc) is 3.30. The van der Waals surface area contributed by atoms with E-state index in [-0.39, 0.29) is 25.4 Å². The lowest BCUT2D eigenvalue weighted by molar-refractivity contribution is -0.245. The van der Waals surface area contributed by atoms with Crippen molar-refractivity contribution in [1.29, 1.82) is 0 Å². The minimum atomic E-state index is -0.652. The molecule has 1 aliphatic rings. The number of aryl methyl sites for hydroxylation is 1. The van der Waals surface area contributed by atoms with Gasteiger partial charge in [-0.15, -0.1) is 5.10 Å². The van der Waals surface area contributed by atoms with E-state index in [0.29, 0.717) is 23.0 Å². The van der Waals surface area contributed by atoms with Gasteiger partial charge in [-0.3, -0.25) is 5.32 Å². The van der Waals surface area contributed by atoms with Gasteiger partial charge in [-0.2, -0.15) is 0 Å². The van der Waals surface area contributed by atoms with Crippen LogP contribution in [0.4, 0.5) is 10.5 Å². The lowest BCUT2D eigenvalue weighted by Crippen LogP contribution is -2.31. The van der Waals surface area contributed by atoms with Crippen molar-refractivity contribution in [2.24, 2.45) is 7.05 Å². The fourth-order valence-electron chi connectivity index (χ4n) is 3.59. The molecule has 1 aromatic heterocycles. The minimum absolute atomic E-state index is 0.0163. The zero-order valence-corrected chi connectivity index (χ0v) is 20.1. The molecule has 2 N–H and O–H groups in total. The number of hydrogen-bond donors (Lipinski definition) is 2. The molecule has 3 aromatic rings. The number of thioether (sulfide) groups is 1. The number of aliphatic hydroxyl groups is 1. The maximum Gasteiger partial charge on any atom is 0.411 e. The first-order valence-electron chi connectivity index (χ1n) is 11.1. The number of ether oxygens (including phenoxy) is 3. The average molecular weight is 498 g/mol. The number of anilines is 1. The van der Waals surface area contributed by atoms with E-state index in [0.717, 1.165) is 16.7 Å². The molecule has 11 heteroatoms. The van der Waals surface area contributed by atoms with Gasteiger partial charge < -0.3 is 19.3 Å². The largest absolute Gasteiger partial charge is 0.445 e. The van der Waals surface area contributed by atoms with Crippen molar-refractivity contribution in [2.45, 2.75) is 36.7 Å². The maximum absolute atomic E-state index is 11.9. The molecular weight excluding hydrogens is 470 g/mol. The van der Waals surface area contributed by atoms with Gasteiger partial charge in [0.1, 0.15) is 6.61 Å². The van der Waals surface area contributed by atoms with E-state index in [1.807, 2.05) is 36.4 Å². The van der Waals surface area contributed by atoms with E-state index in [1.54, 1.807) is 23.9 Å². The quantitative estimate of drug-likeness (QED) is 0.336. The predicted molar refractivity (Wildman–Crippen MR) is 130 cm³/mol. The molecule has 0 aliphatic carbocycles. The molecule has 3 atom stereocenters. The van der Waals surface area contributed by atoms with Crippen LogP contribution in [0.3, 0.4) is 0 Å². The van der Waals surface area contributed by atoms with Gasteiger partial charge in [0.2, 0.25) is 5.16 Å². The van der Waals surface area contributed by atoms with Crippen LogP contribution in [0.2, 0.25) is 0 Å². The summed E-state index contributed by atoms with van der Waals surface area (Å²) in [6, 6.07) is 15.0. The predicted octanol–water partition coefficient (Wildman–Crippen LogP) is 3.77. The van der Waals surface area contributed by atoms with Crippen molar-refractivity contribution in [3.63, 3.8) is 0 Å². The number of tetrazole rings is 1. The van der Waals surface area contributed by atoms with Crippen LogP contribution in [-0.2, 0) is 27.9 Å². The summed E-state index contributed by atoms with van der Waals surface area (Å²) in [6.45, 7) is 3.64. The summed E-state index contributed by atoms with van der Waals surface area (Å²) >= 11 is 1.51. The zero-order chi connectivity index (χ0) is 24.6. The smallest absolute Gasteiger partial charge is 0.411 e. The molecule has 0 unspecified atom stereocenters. The first kappa shape index (κ1) is 24.9. The van der Waals surface area contributed by atoms with Crippen LogP contribution in [-0.4, -0.2) is 49.9 Å². The number of hydrogen-bond acceptors (Lipinski definition) is 9. The van der Waals surface area contributed by atoms with Gasteiger partial charge in [-0.05, 0) is 33.7 Å². The molecule has 1 aliphatic heterocycles. The fraction of sp³-hybridized carbons (Fsp3) is 0.333. The number of benzene rings is 2. The van der Waals surface area contributed by atoms with Crippen LogP contribution in [0.15, 0.2) is 66.3 Å². The van der Waals surface area contributed by atoms with Crippen LogP contribution in [0, 0.1) is 0 Å². The van der Waals surface area contributed by atoms with Gasteiger partial charge in [-0.25, -0.2) is 9.48 Å². The van der Waals surface area contributed by atoms with Gasteiger partial charge in [0.15, 0.2) is 6.29 Å². The molecule has 2 aromatic carbocycles. The first-order chi connectivity index (χ1) is 17.1. The summed E-state index contributed by atoms with van der Waals surface area (Å²) < 4.78 is 19.3. The number of nitrogens with zero attached hydrogens (tertiary/aromatic N) is 4. The molecule has 1 fully saturated rings. The molecule has 0 bridgehead atoms. The van der Waals surface area contributed by atoms with E-state index >= 15 is 0 Å². The first-order valence-corrected chi connectivity index (χ1v) is 12.0. The summed E-state index contributed by atoms with van der Waals surface area (Å²) in [5.74, 6) is 0.630. The van der Waals surface area contributed by atoms with Crippen molar-refractivity contribution in [1.82, 2.24) is 20.2 Å². The standard InChI is InChI=1S/C24H27N5O5S/c1-3-11-32-24(31)25-19-6-4-5-18(12-19)22-33-20(15-35-23-26-27-28-29(23)2)13-21(34-22)17-9-7-16(14-30)8-10-17/h3-10,12,20-22,30H,1,11,13-15H2,2H3,(H,25,31)/t20-,21+,22+/m0/s1. The number of rotatable bonds is 9. The Morgan fingerprint density at radius 2 is 2.11 bits per heavy atom. The van der Waals surface area contributed by atoms with Crippen LogP contribution >= 0.6 is 11.8 Å². The van der Waals surface area contributed by atoms with Crippen LogP contribution < -0.4 is 5.32 Å². The zero-order valence-electron chi connectivity index (χ0n) is 19.2. The topological polar surface area (TPSA) is 121 Å². The molecule has 0 spiro atoms. The highest BCUT2D eigenvalue weighted by Crippen LogP contribution is 2.39. The molecule has 4 rings (SSSR count). The van der Waals surface area contributed by atoms with E-state index < -0.39 is 12.4 Å². The third-order valence-corrected chi connectivity index (χ3v) is 6.47. The Kier molecular flexibility index (Phi) is 8.48. The van der Waals surface area contributed by atoms with Crippen molar-refractivity contribution in [2.75, 3.05) is 17.7 Å². The number of aromatic nitrogens is 4. The Balaban J connectivity index is 1.52. The van der Waals surface area contributed by atoms with Crippen LogP contribution in [0.5, 0.6) is 0 Å². The van der Waals surface area contributed by atoms with Gasteiger partial charge in [0.05, 0.1) is 18.8 Å². The second kappa shape index (κ2) is 11.9. The number of carbonyl (C=O) groups is 1. The van der Waals surface area contributed by atoms with E-state index in [2.05, 4.69) is 27.4 Å². The summed E-state index contributed by atoms with van der Waals surface area (Å²) in [6.07, 6.45) is 0.550. The maximum atomic E-state index is 11.9. The second-order valence-electron chi connectivity index (χ2n) is 7.88. The Labute approximate surface area is 207 Å². The van der Waals surface area contributed by atoms with E-state index in [1.165, 1.54) is 17.8 Å². The molecule has 35 heavy (non-hydrogen) atoms. The Morgan fingerprint density at radius 1 is 1.29 bits per heavy atom. The highest BCUT2D eigenvalue weighted by atomic mass is 32.2. The number of nitrogens with one attached hydrogen (secondary N) is 1. The normalized spacial score (nSPS) is 19.8. The van der Waals surface area contributed by atoms with Crippen LogP contribution in [0.25, 0.3) is 0 Å². The van der Waals surface area contributed by atoms with Crippen molar-refractivity contribution in [3.8, 4) is 0 Å². The molecule has 1 saturated heterocycles. The lowest BCUT2D eigenvalue weighted by atomic mass is 10.0. The van der Waals surface area contributed by atoms with E-state index in [9.17, 15) is 9.90 Å². The second-order valence-corrected chi connectivity index (χ2v) is 8.87. The van der Waals surface area contributed by atoms with Crippen molar-refractivity contribution < 1.29 is 24.1 Å². The van der Waals surface area contributed by atoms with Gasteiger partial charge in [-0.1, -0.05) is 60.8 Å². The Morgan fingerprint density at radius 3 is 2.83 bits per heavy atom. The fourth-order valence-corrected chi connectivity index (χ4v) is 4.45. The number of aliphatic hydroxyl groups excluding tert-OH is 1. The molecule has 184 valence electrons. The Hall–Kier alpha value is -3.25. The summed E-state index contributed by atoms with van der Waals surface area (Å²) in [5.41, 5.74) is 3.15. The summed E-state index contributed by atoms with van der Waals surface area (Å²) in [4.78, 5) is 11.9. The van der Waals surface area contributed by atoms with Crippen molar-refractivity contribution in [3.05, 3.63) is 77.9 Å². The molecule has 10 nitrogen and oxygen atoms in total. The minimum Gasteiger partial charge on any atom is -0.445 e. The lowest BCUT2D eigenvalue weighted by Gasteiger charge is -2.36. The third-order valence-electron chi connectivity index (χ3n) is 5.33. The third kappa shape index (κ3) is 6.67. The molecule has 1 amide bonds. The molecular formula is C24H27N5O5S. The van der Waals surface area contributed by atoms with E-state index in [4.69, 9.17) is 14.2 Å². The molecule has 0 saturated carbocycles. The molecule has 0 radical (unpaired) electrons.